The van der Waals surface area contributed by atoms with Crippen molar-refractivity contribution in [3.63, 3.8) is 0 Å². The number of rotatable bonds is 4. The van der Waals surface area contributed by atoms with E-state index in [9.17, 15) is 9.59 Å². The van der Waals surface area contributed by atoms with Gasteiger partial charge in [-0.1, -0.05) is 36.7 Å². The first kappa shape index (κ1) is 20.5. The minimum atomic E-state index is -0.329. The normalized spacial score (nSPS) is 15.5. The number of carbonyl (C=O) groups excluding carboxylic acids is 2. The van der Waals surface area contributed by atoms with E-state index in [0.717, 1.165) is 40.8 Å². The Kier molecular flexibility index (Phi) is 5.58. The van der Waals surface area contributed by atoms with Crippen molar-refractivity contribution in [2.75, 3.05) is 4.90 Å². The first-order valence-electron chi connectivity index (χ1n) is 9.71. The maximum atomic E-state index is 12.9. The van der Waals surface area contributed by atoms with E-state index in [2.05, 4.69) is 35.8 Å². The predicted octanol–water partition coefficient (Wildman–Crippen LogP) is 6.55. The maximum absolute atomic E-state index is 12.9. The fraction of sp³-hybridized carbons (Fsp3) is 0.167. The number of carbonyl (C=O) groups is 2. The zero-order valence-corrected chi connectivity index (χ0v) is 18.6. The van der Waals surface area contributed by atoms with Crippen LogP contribution in [0.15, 0.2) is 59.5 Å². The molecule has 0 saturated carbocycles. The van der Waals surface area contributed by atoms with Gasteiger partial charge in [0.25, 0.3) is 11.1 Å². The number of amides is 2. The van der Waals surface area contributed by atoms with Gasteiger partial charge in [0, 0.05) is 22.1 Å². The molecule has 0 aliphatic carbocycles. The van der Waals surface area contributed by atoms with Gasteiger partial charge in [-0.15, -0.1) is 0 Å². The van der Waals surface area contributed by atoms with Gasteiger partial charge in [-0.2, -0.15) is 0 Å². The summed E-state index contributed by atoms with van der Waals surface area (Å²) in [5.41, 5.74) is 5.85. The topological polar surface area (TPSA) is 42.3 Å². The summed E-state index contributed by atoms with van der Waals surface area (Å²) in [4.78, 5) is 27.0. The molecular formula is C24H21ClN2O2S. The molecule has 1 saturated heterocycles. The number of nitrogens with zero attached hydrogens (tertiary/aromatic N) is 2. The van der Waals surface area contributed by atoms with Gasteiger partial charge < -0.3 is 4.57 Å². The molecule has 6 heteroatoms. The number of hydrogen-bond donors (Lipinski definition) is 0. The van der Waals surface area contributed by atoms with Crippen molar-refractivity contribution in [3.8, 4) is 5.69 Å². The van der Waals surface area contributed by atoms with Crippen LogP contribution in [0.25, 0.3) is 11.8 Å². The van der Waals surface area contributed by atoms with Gasteiger partial charge in [0.1, 0.15) is 0 Å². The van der Waals surface area contributed by atoms with Crippen LogP contribution in [0.3, 0.4) is 0 Å². The Morgan fingerprint density at radius 3 is 2.40 bits per heavy atom. The predicted molar refractivity (Wildman–Crippen MR) is 125 cm³/mol. The molecule has 1 aromatic heterocycles. The van der Waals surface area contributed by atoms with E-state index < -0.39 is 0 Å². The van der Waals surface area contributed by atoms with Crippen LogP contribution in [0, 0.1) is 13.8 Å². The molecule has 0 bridgehead atoms. The summed E-state index contributed by atoms with van der Waals surface area (Å²) in [6.07, 6.45) is 2.80. The van der Waals surface area contributed by atoms with Gasteiger partial charge in [0.15, 0.2) is 0 Å². The van der Waals surface area contributed by atoms with Crippen LogP contribution in [-0.4, -0.2) is 15.7 Å². The smallest absolute Gasteiger partial charge is 0.298 e. The molecule has 0 radical (unpaired) electrons. The third-order valence-electron chi connectivity index (χ3n) is 5.22. The van der Waals surface area contributed by atoms with Crippen molar-refractivity contribution < 1.29 is 9.59 Å². The van der Waals surface area contributed by atoms with E-state index in [0.29, 0.717) is 15.6 Å². The van der Waals surface area contributed by atoms with Crippen LogP contribution in [0.5, 0.6) is 0 Å². The largest absolute Gasteiger partial charge is 0.318 e. The molecule has 0 spiro atoms. The molecule has 2 heterocycles. The Morgan fingerprint density at radius 1 is 1.00 bits per heavy atom. The van der Waals surface area contributed by atoms with E-state index in [1.807, 2.05) is 19.9 Å². The van der Waals surface area contributed by atoms with Crippen LogP contribution in [0.1, 0.15) is 29.4 Å². The van der Waals surface area contributed by atoms with Gasteiger partial charge in [0.2, 0.25) is 0 Å². The molecule has 30 heavy (non-hydrogen) atoms. The van der Waals surface area contributed by atoms with E-state index in [1.165, 1.54) is 10.5 Å². The summed E-state index contributed by atoms with van der Waals surface area (Å²) in [6, 6.07) is 17.3. The molecule has 3 aromatic rings. The highest BCUT2D eigenvalue weighted by Gasteiger charge is 2.36. The lowest BCUT2D eigenvalue weighted by Crippen LogP contribution is -2.27. The lowest BCUT2D eigenvalue weighted by Gasteiger charge is -2.12. The van der Waals surface area contributed by atoms with Gasteiger partial charge in [-0.3, -0.25) is 9.59 Å². The highest BCUT2D eigenvalue weighted by Crippen LogP contribution is 2.37. The Bertz CT molecular complexity index is 1180. The van der Waals surface area contributed by atoms with Crippen molar-refractivity contribution >= 4 is 46.3 Å². The van der Waals surface area contributed by atoms with Crippen LogP contribution in [0.2, 0.25) is 5.02 Å². The second-order valence-electron chi connectivity index (χ2n) is 7.18. The molecule has 0 atom stereocenters. The zero-order valence-electron chi connectivity index (χ0n) is 17.0. The van der Waals surface area contributed by atoms with Crippen LogP contribution in [0.4, 0.5) is 10.5 Å². The number of aryl methyl sites for hydroxylation is 2. The molecule has 152 valence electrons. The van der Waals surface area contributed by atoms with E-state index in [4.69, 9.17) is 11.6 Å². The van der Waals surface area contributed by atoms with Gasteiger partial charge in [-0.25, -0.2) is 4.90 Å². The van der Waals surface area contributed by atoms with Gasteiger partial charge >= 0.3 is 0 Å². The second-order valence-corrected chi connectivity index (χ2v) is 8.61. The molecule has 0 N–H and O–H groups in total. The minimum absolute atomic E-state index is 0.322. The lowest BCUT2D eigenvalue weighted by molar-refractivity contribution is -0.113. The van der Waals surface area contributed by atoms with Crippen molar-refractivity contribution in [2.24, 2.45) is 0 Å². The van der Waals surface area contributed by atoms with Crippen molar-refractivity contribution in [2.45, 2.75) is 27.2 Å². The zero-order chi connectivity index (χ0) is 21.4. The molecule has 2 aromatic carbocycles. The minimum Gasteiger partial charge on any atom is -0.318 e. The summed E-state index contributed by atoms with van der Waals surface area (Å²) in [6.45, 7) is 6.19. The number of imide groups is 1. The number of benzene rings is 2. The number of anilines is 1. The number of aromatic nitrogens is 1. The van der Waals surface area contributed by atoms with E-state index in [-0.39, 0.29) is 11.1 Å². The molecule has 1 fully saturated rings. The monoisotopic (exact) mass is 436 g/mol. The summed E-state index contributed by atoms with van der Waals surface area (Å²) in [5.74, 6) is -0.329. The summed E-state index contributed by atoms with van der Waals surface area (Å²) >= 11 is 6.98. The third-order valence-corrected chi connectivity index (χ3v) is 6.32. The van der Waals surface area contributed by atoms with Crippen molar-refractivity contribution in [1.82, 2.24) is 4.57 Å². The van der Waals surface area contributed by atoms with Crippen LogP contribution >= 0.6 is 23.4 Å². The number of thioether (sulfide) groups is 1. The van der Waals surface area contributed by atoms with Crippen molar-refractivity contribution in [1.29, 1.82) is 0 Å². The van der Waals surface area contributed by atoms with E-state index in [1.54, 1.807) is 30.3 Å². The Labute approximate surface area is 185 Å². The summed E-state index contributed by atoms with van der Waals surface area (Å²) < 4.78 is 2.16. The fourth-order valence-corrected chi connectivity index (χ4v) is 4.68. The van der Waals surface area contributed by atoms with Crippen LogP contribution in [-0.2, 0) is 11.2 Å². The molecule has 0 unspecified atom stereocenters. The molecule has 1 aliphatic heterocycles. The highest BCUT2D eigenvalue weighted by atomic mass is 35.5. The van der Waals surface area contributed by atoms with Gasteiger partial charge in [0.05, 0.1) is 10.6 Å². The molecular weight excluding hydrogens is 416 g/mol. The Morgan fingerprint density at radius 2 is 1.73 bits per heavy atom. The number of hydrogen-bond acceptors (Lipinski definition) is 3. The first-order chi connectivity index (χ1) is 14.4. The molecule has 4 rings (SSSR count). The SMILES string of the molecule is CCc1ccc(-n2c(C)cc(/C=C3/SC(=O)N(c4cccc(Cl)c4)C3=O)c2C)cc1. The Balaban J connectivity index is 1.68. The quantitative estimate of drug-likeness (QED) is 0.435. The molecule has 2 amide bonds. The number of halogens is 1. The maximum Gasteiger partial charge on any atom is 0.298 e. The third kappa shape index (κ3) is 3.71. The average molecular weight is 437 g/mol. The van der Waals surface area contributed by atoms with Crippen LogP contribution < -0.4 is 4.90 Å². The summed E-state index contributed by atoms with van der Waals surface area (Å²) in [5, 5.41) is 0.158. The highest BCUT2D eigenvalue weighted by molar-refractivity contribution is 8.19. The molecule has 1 aliphatic rings. The lowest BCUT2D eigenvalue weighted by atomic mass is 10.1. The van der Waals surface area contributed by atoms with Crippen molar-refractivity contribution in [3.05, 3.63) is 87.0 Å². The van der Waals surface area contributed by atoms with Gasteiger partial charge in [-0.05, 0) is 85.6 Å². The van der Waals surface area contributed by atoms with E-state index >= 15 is 0 Å². The summed E-state index contributed by atoms with van der Waals surface area (Å²) in [7, 11) is 0. The second kappa shape index (κ2) is 8.17. The fourth-order valence-electron chi connectivity index (χ4n) is 3.66. The first-order valence-corrected chi connectivity index (χ1v) is 10.9. The average Bonchev–Trinajstić information content (AvgIpc) is 3.16. The standard InChI is InChI=1S/C24H21ClN2O2S/c1-4-17-8-10-20(11-9-17)26-15(2)12-18(16(26)3)13-22-23(28)27(24(29)30-22)21-7-5-6-19(25)14-21/h5-14H,4H2,1-3H3/b22-13+. The molecule has 4 nitrogen and oxygen atoms in total. The Hall–Kier alpha value is -2.76.